The van der Waals surface area contributed by atoms with Crippen molar-refractivity contribution in [3.8, 4) is 11.5 Å². The molecule has 0 spiro atoms. The molecule has 3 atom stereocenters. The van der Waals surface area contributed by atoms with E-state index in [2.05, 4.69) is 0 Å². The predicted octanol–water partition coefficient (Wildman–Crippen LogP) is 2.00. The summed E-state index contributed by atoms with van der Waals surface area (Å²) in [7, 11) is 0. The first-order valence-electron chi connectivity index (χ1n) is 7.58. The zero-order chi connectivity index (χ0) is 16.7. The van der Waals surface area contributed by atoms with E-state index in [-0.39, 0.29) is 36.4 Å². The van der Waals surface area contributed by atoms with Crippen molar-refractivity contribution in [2.45, 2.75) is 44.9 Å². The molecule has 0 bridgehead atoms. The van der Waals surface area contributed by atoms with Crippen LogP contribution in [0.4, 0.5) is 8.78 Å². The Morgan fingerprint density at radius 2 is 2.17 bits per heavy atom. The van der Waals surface area contributed by atoms with Crippen molar-refractivity contribution < 1.29 is 28.2 Å². The van der Waals surface area contributed by atoms with E-state index in [1.54, 1.807) is 19.1 Å². The molecular formula is C16H19F2NO4. The van der Waals surface area contributed by atoms with Gasteiger partial charge in [-0.25, -0.2) is 8.78 Å². The van der Waals surface area contributed by atoms with Crippen molar-refractivity contribution >= 4 is 5.91 Å². The lowest BCUT2D eigenvalue weighted by atomic mass is 10.1. The smallest absolute Gasteiger partial charge is 0.274 e. The summed E-state index contributed by atoms with van der Waals surface area (Å²) >= 11 is 0. The standard InChI is InChI=1S/C16H19F2NO4/c1-8-3-12-14(13(4-8)23-9(2)15(17)18)16(21)19-6-11(20)5-10(19)7-22-12/h3-4,9-11,15,20H,5-7H2,1-2H3/t9?,10-,11+/m1/s1. The molecule has 0 aromatic heterocycles. The Hall–Kier alpha value is -1.89. The number of carbonyl (C=O) groups excluding carboxylic acids is 1. The van der Waals surface area contributed by atoms with Gasteiger partial charge in [-0.1, -0.05) is 0 Å². The number of hydrogen-bond donors (Lipinski definition) is 1. The predicted molar refractivity (Wildman–Crippen MR) is 78.2 cm³/mol. The molecule has 5 nitrogen and oxygen atoms in total. The van der Waals surface area contributed by atoms with Crippen LogP contribution in [0.2, 0.25) is 0 Å². The molecule has 1 saturated heterocycles. The number of benzene rings is 1. The van der Waals surface area contributed by atoms with Crippen LogP contribution in [0.15, 0.2) is 12.1 Å². The van der Waals surface area contributed by atoms with E-state index in [1.807, 2.05) is 0 Å². The second-order valence-corrected chi connectivity index (χ2v) is 6.11. The summed E-state index contributed by atoms with van der Waals surface area (Å²) < 4.78 is 36.6. The molecule has 7 heteroatoms. The molecule has 1 aromatic rings. The lowest BCUT2D eigenvalue weighted by Gasteiger charge is -2.22. The molecule has 1 aromatic carbocycles. The number of carbonyl (C=O) groups is 1. The second kappa shape index (κ2) is 5.96. The number of amides is 1. The molecule has 126 valence electrons. The van der Waals surface area contributed by atoms with Gasteiger partial charge in [0.1, 0.15) is 23.7 Å². The molecule has 2 aliphatic rings. The van der Waals surface area contributed by atoms with Gasteiger partial charge in [0.25, 0.3) is 12.3 Å². The monoisotopic (exact) mass is 327 g/mol. The van der Waals surface area contributed by atoms with Crippen LogP contribution in [0.25, 0.3) is 0 Å². The highest BCUT2D eigenvalue weighted by atomic mass is 19.3. The van der Waals surface area contributed by atoms with Crippen LogP contribution in [-0.2, 0) is 0 Å². The van der Waals surface area contributed by atoms with Gasteiger partial charge >= 0.3 is 0 Å². The number of nitrogens with zero attached hydrogens (tertiary/aromatic N) is 1. The number of halogens is 2. The Kier molecular flexibility index (Phi) is 4.14. The SMILES string of the molecule is Cc1cc2c(c(OC(C)C(F)F)c1)C(=O)N1C[C@@H](O)C[C@@H]1CO2. The molecular weight excluding hydrogens is 308 g/mol. The number of aliphatic hydroxyl groups excluding tert-OH is 1. The minimum Gasteiger partial charge on any atom is -0.490 e. The van der Waals surface area contributed by atoms with E-state index in [4.69, 9.17) is 9.47 Å². The van der Waals surface area contributed by atoms with E-state index in [9.17, 15) is 18.7 Å². The lowest BCUT2D eigenvalue weighted by Crippen LogP contribution is -2.37. The molecule has 1 unspecified atom stereocenters. The molecule has 1 N–H and O–H groups in total. The van der Waals surface area contributed by atoms with Crippen molar-refractivity contribution in [2.24, 2.45) is 0 Å². The maximum Gasteiger partial charge on any atom is 0.274 e. The topological polar surface area (TPSA) is 59.0 Å². The summed E-state index contributed by atoms with van der Waals surface area (Å²) in [5.41, 5.74) is 0.912. The molecule has 2 aliphatic heterocycles. The van der Waals surface area contributed by atoms with E-state index in [1.165, 1.54) is 11.8 Å². The molecule has 1 amide bonds. The fourth-order valence-electron chi connectivity index (χ4n) is 3.02. The summed E-state index contributed by atoms with van der Waals surface area (Å²) in [4.78, 5) is 14.3. The molecule has 0 aliphatic carbocycles. The lowest BCUT2D eigenvalue weighted by molar-refractivity contribution is 0.0216. The zero-order valence-corrected chi connectivity index (χ0v) is 13.0. The molecule has 0 saturated carbocycles. The van der Waals surface area contributed by atoms with Crippen LogP contribution in [0.1, 0.15) is 29.3 Å². The number of hydrogen-bond acceptors (Lipinski definition) is 4. The normalized spacial score (nSPS) is 24.8. The average molecular weight is 327 g/mol. The Morgan fingerprint density at radius 3 is 2.87 bits per heavy atom. The molecule has 3 rings (SSSR count). The fraction of sp³-hybridized carbons (Fsp3) is 0.562. The van der Waals surface area contributed by atoms with E-state index < -0.39 is 18.6 Å². The van der Waals surface area contributed by atoms with Gasteiger partial charge in [-0.05, 0) is 38.0 Å². The largest absolute Gasteiger partial charge is 0.490 e. The Labute approximate surface area is 132 Å². The number of aliphatic hydroxyl groups is 1. The van der Waals surface area contributed by atoms with Crippen LogP contribution in [0.3, 0.4) is 0 Å². The number of alkyl halides is 2. The van der Waals surface area contributed by atoms with Crippen molar-refractivity contribution in [3.05, 3.63) is 23.3 Å². The van der Waals surface area contributed by atoms with Crippen LogP contribution < -0.4 is 9.47 Å². The minimum absolute atomic E-state index is 0.0971. The van der Waals surface area contributed by atoms with Crippen LogP contribution in [-0.4, -0.2) is 53.7 Å². The molecule has 23 heavy (non-hydrogen) atoms. The summed E-state index contributed by atoms with van der Waals surface area (Å²) in [6, 6.07) is 3.04. The van der Waals surface area contributed by atoms with Crippen molar-refractivity contribution in [1.82, 2.24) is 4.90 Å². The van der Waals surface area contributed by atoms with Gasteiger partial charge in [0, 0.05) is 6.54 Å². The second-order valence-electron chi connectivity index (χ2n) is 6.11. The number of fused-ring (bicyclic) bond motifs is 2. The quantitative estimate of drug-likeness (QED) is 0.922. The Morgan fingerprint density at radius 1 is 1.43 bits per heavy atom. The fourth-order valence-corrected chi connectivity index (χ4v) is 3.02. The van der Waals surface area contributed by atoms with Gasteiger partial charge in [-0.15, -0.1) is 0 Å². The number of aryl methyl sites for hydroxylation is 1. The first-order valence-corrected chi connectivity index (χ1v) is 7.58. The van der Waals surface area contributed by atoms with Crippen LogP contribution in [0, 0.1) is 6.92 Å². The van der Waals surface area contributed by atoms with Crippen molar-refractivity contribution in [1.29, 1.82) is 0 Å². The van der Waals surface area contributed by atoms with Gasteiger partial charge < -0.3 is 19.5 Å². The van der Waals surface area contributed by atoms with Gasteiger partial charge in [0.2, 0.25) is 0 Å². The highest BCUT2D eigenvalue weighted by molar-refractivity contribution is 6.00. The number of rotatable bonds is 3. The average Bonchev–Trinajstić information content (AvgIpc) is 2.79. The molecule has 1 fully saturated rings. The third-order valence-corrected chi connectivity index (χ3v) is 4.18. The summed E-state index contributed by atoms with van der Waals surface area (Å²) in [5, 5.41) is 9.77. The van der Waals surface area contributed by atoms with E-state index >= 15 is 0 Å². The highest BCUT2D eigenvalue weighted by Crippen LogP contribution is 2.37. The van der Waals surface area contributed by atoms with Crippen molar-refractivity contribution in [2.75, 3.05) is 13.2 Å². The maximum atomic E-state index is 12.8. The van der Waals surface area contributed by atoms with E-state index in [0.717, 1.165) is 5.56 Å². The van der Waals surface area contributed by atoms with Crippen LogP contribution >= 0.6 is 0 Å². The van der Waals surface area contributed by atoms with Gasteiger partial charge in [0.05, 0.1) is 12.1 Å². The van der Waals surface area contributed by atoms with Crippen molar-refractivity contribution in [3.63, 3.8) is 0 Å². The number of ether oxygens (including phenoxy) is 2. The maximum absolute atomic E-state index is 12.8. The highest BCUT2D eigenvalue weighted by Gasteiger charge is 2.40. The molecule has 0 radical (unpaired) electrons. The first-order chi connectivity index (χ1) is 10.9. The van der Waals surface area contributed by atoms with E-state index in [0.29, 0.717) is 12.2 Å². The zero-order valence-electron chi connectivity index (χ0n) is 13.0. The van der Waals surface area contributed by atoms with Crippen LogP contribution in [0.5, 0.6) is 11.5 Å². The third-order valence-electron chi connectivity index (χ3n) is 4.18. The van der Waals surface area contributed by atoms with Gasteiger partial charge in [-0.2, -0.15) is 0 Å². The van der Waals surface area contributed by atoms with Gasteiger partial charge in [0.15, 0.2) is 6.10 Å². The summed E-state index contributed by atoms with van der Waals surface area (Å²) in [6.07, 6.45) is -4.14. The Bertz CT molecular complexity index is 622. The summed E-state index contributed by atoms with van der Waals surface area (Å²) in [6.45, 7) is 3.51. The van der Waals surface area contributed by atoms with Gasteiger partial charge in [-0.3, -0.25) is 4.79 Å². The first kappa shape index (κ1) is 16.0. The Balaban J connectivity index is 2.01. The summed E-state index contributed by atoms with van der Waals surface area (Å²) in [5.74, 6) is 0.0886. The third kappa shape index (κ3) is 2.97. The molecule has 2 heterocycles. The minimum atomic E-state index is -2.66.